The van der Waals surface area contributed by atoms with Crippen LogP contribution in [0.15, 0.2) is 54.6 Å². The Morgan fingerprint density at radius 1 is 0.960 bits per heavy atom. The van der Waals surface area contributed by atoms with E-state index in [0.717, 1.165) is 44.2 Å². The largest absolute Gasteiger partial charge is 0.497 e. The minimum Gasteiger partial charge on any atom is -0.497 e. The molecular weight excluding hydrogens is 314 g/mol. The average Bonchev–Trinajstić information content (AvgIpc) is 2.65. The number of hydrogen-bond donors (Lipinski definition) is 3. The highest BCUT2D eigenvalue weighted by atomic mass is 16.5. The fourth-order valence-corrected chi connectivity index (χ4v) is 3.30. The van der Waals surface area contributed by atoms with Crippen molar-refractivity contribution in [2.75, 3.05) is 45.2 Å². The summed E-state index contributed by atoms with van der Waals surface area (Å²) in [5.41, 5.74) is 2.21. The van der Waals surface area contributed by atoms with E-state index < -0.39 is 0 Å². The molecule has 1 fully saturated rings. The molecule has 0 radical (unpaired) electrons. The van der Waals surface area contributed by atoms with E-state index in [2.05, 4.69) is 17.4 Å². The molecule has 3 N–H and O–H groups in total. The second-order valence-corrected chi connectivity index (χ2v) is 6.62. The van der Waals surface area contributed by atoms with Crippen LogP contribution >= 0.6 is 0 Å². The fraction of sp³-hybridized carbons (Fsp3) is 0.350. The average molecular weight is 341 g/mol. The molecule has 2 aromatic carbocycles. The van der Waals surface area contributed by atoms with Crippen LogP contribution < -0.4 is 19.9 Å². The van der Waals surface area contributed by atoms with E-state index in [9.17, 15) is 4.79 Å². The number of benzene rings is 2. The zero-order valence-corrected chi connectivity index (χ0v) is 14.8. The first kappa shape index (κ1) is 17.5. The summed E-state index contributed by atoms with van der Waals surface area (Å²) in [5, 5.41) is 2.97. The first-order chi connectivity index (χ1) is 12.2. The van der Waals surface area contributed by atoms with Gasteiger partial charge in [-0.05, 0) is 36.4 Å². The summed E-state index contributed by atoms with van der Waals surface area (Å²) in [5.74, 6) is 0.997. The Bertz CT molecular complexity index is 665. The van der Waals surface area contributed by atoms with Gasteiger partial charge in [0.15, 0.2) is 6.54 Å². The molecule has 0 spiro atoms. The lowest BCUT2D eigenvalue weighted by Gasteiger charge is -2.29. The molecule has 0 aliphatic carbocycles. The molecule has 132 valence electrons. The number of rotatable bonds is 6. The van der Waals surface area contributed by atoms with Crippen molar-refractivity contribution in [3.63, 3.8) is 0 Å². The van der Waals surface area contributed by atoms with Crippen molar-refractivity contribution in [1.82, 2.24) is 0 Å². The van der Waals surface area contributed by atoms with E-state index in [0.29, 0.717) is 6.54 Å². The summed E-state index contributed by atoms with van der Waals surface area (Å²) in [6, 6.07) is 18.0. The minimum absolute atomic E-state index is 0.0970. The zero-order chi connectivity index (χ0) is 17.5. The van der Waals surface area contributed by atoms with E-state index >= 15 is 0 Å². The van der Waals surface area contributed by atoms with Gasteiger partial charge >= 0.3 is 0 Å². The number of methoxy groups -OCH3 is 1. The van der Waals surface area contributed by atoms with Crippen molar-refractivity contribution in [3.05, 3.63) is 60.2 Å². The summed E-state index contributed by atoms with van der Waals surface area (Å²) >= 11 is 0. The lowest BCUT2D eigenvalue weighted by molar-refractivity contribution is -1.02. The number of hydrogen-bond acceptors (Lipinski definition) is 2. The van der Waals surface area contributed by atoms with Gasteiger partial charge in [-0.3, -0.25) is 4.79 Å². The molecule has 0 aromatic heterocycles. The highest BCUT2D eigenvalue weighted by Gasteiger charge is 2.24. The van der Waals surface area contributed by atoms with Gasteiger partial charge in [-0.1, -0.05) is 18.2 Å². The first-order valence-electron chi connectivity index (χ1n) is 8.88. The third-order valence-corrected chi connectivity index (χ3v) is 4.75. The van der Waals surface area contributed by atoms with E-state index in [1.54, 1.807) is 12.0 Å². The molecule has 5 nitrogen and oxygen atoms in total. The number of ether oxygens (including phenoxy) is 1. The second kappa shape index (κ2) is 8.65. The Balaban J connectivity index is 1.41. The van der Waals surface area contributed by atoms with Crippen LogP contribution in [0.4, 0.5) is 5.69 Å². The molecule has 0 atom stereocenters. The molecule has 1 heterocycles. The van der Waals surface area contributed by atoms with Gasteiger partial charge in [0.1, 0.15) is 38.5 Å². The number of amides is 1. The number of carbonyl (C=O) groups is 1. The van der Waals surface area contributed by atoms with Gasteiger partial charge < -0.3 is 19.9 Å². The predicted molar refractivity (Wildman–Crippen MR) is 98.0 cm³/mol. The van der Waals surface area contributed by atoms with Crippen LogP contribution in [0.5, 0.6) is 5.75 Å². The summed E-state index contributed by atoms with van der Waals surface area (Å²) in [7, 11) is 1.69. The van der Waals surface area contributed by atoms with Crippen LogP contribution in [0.3, 0.4) is 0 Å². The van der Waals surface area contributed by atoms with Crippen molar-refractivity contribution in [3.8, 4) is 5.75 Å². The van der Waals surface area contributed by atoms with Crippen LogP contribution in [0.25, 0.3) is 0 Å². The maximum atomic E-state index is 12.2. The third-order valence-electron chi connectivity index (χ3n) is 4.75. The number of para-hydroxylation sites is 1. The molecule has 0 unspecified atom stereocenters. The SMILES string of the molecule is COc1ccc(C[NH+]2CC[NH+](CC(=O)Nc3ccccc3)CC2)cc1. The second-order valence-electron chi connectivity index (χ2n) is 6.62. The molecule has 0 saturated carbocycles. The molecule has 1 aliphatic rings. The van der Waals surface area contributed by atoms with Crippen molar-refractivity contribution < 1.29 is 19.3 Å². The van der Waals surface area contributed by atoms with Gasteiger partial charge in [0, 0.05) is 11.3 Å². The van der Waals surface area contributed by atoms with Gasteiger partial charge in [0.2, 0.25) is 0 Å². The van der Waals surface area contributed by atoms with Crippen LogP contribution in [-0.4, -0.2) is 45.7 Å². The molecular formula is C20H27N3O2+2. The van der Waals surface area contributed by atoms with Crippen LogP contribution in [0.1, 0.15) is 5.56 Å². The topological polar surface area (TPSA) is 47.2 Å². The van der Waals surface area contributed by atoms with Gasteiger partial charge in [-0.2, -0.15) is 0 Å². The molecule has 5 heteroatoms. The minimum atomic E-state index is 0.0970. The summed E-state index contributed by atoms with van der Waals surface area (Å²) in [6.07, 6.45) is 0. The first-order valence-corrected chi connectivity index (χ1v) is 8.88. The summed E-state index contributed by atoms with van der Waals surface area (Å²) in [4.78, 5) is 15.1. The summed E-state index contributed by atoms with van der Waals surface area (Å²) in [6.45, 7) is 5.85. The molecule has 25 heavy (non-hydrogen) atoms. The highest BCUT2D eigenvalue weighted by Crippen LogP contribution is 2.10. The molecule has 1 amide bonds. The van der Waals surface area contributed by atoms with E-state index in [1.165, 1.54) is 10.5 Å². The van der Waals surface area contributed by atoms with Crippen molar-refractivity contribution in [2.45, 2.75) is 6.54 Å². The van der Waals surface area contributed by atoms with Gasteiger partial charge in [-0.15, -0.1) is 0 Å². The molecule has 1 saturated heterocycles. The normalized spacial score (nSPS) is 20.0. The lowest BCUT2D eigenvalue weighted by atomic mass is 10.2. The van der Waals surface area contributed by atoms with E-state index in [4.69, 9.17) is 4.74 Å². The maximum absolute atomic E-state index is 12.2. The standard InChI is InChI=1S/C20H25N3O2/c1-25-19-9-7-17(8-10-19)15-22-11-13-23(14-12-22)16-20(24)21-18-5-3-2-4-6-18/h2-10H,11-16H2,1H3,(H,21,24)/p+2. The van der Waals surface area contributed by atoms with Crippen LogP contribution in [0, 0.1) is 0 Å². The van der Waals surface area contributed by atoms with Gasteiger partial charge in [0.25, 0.3) is 5.91 Å². The molecule has 1 aliphatic heterocycles. The Labute approximate surface area is 149 Å². The number of anilines is 1. The Morgan fingerprint density at radius 2 is 1.60 bits per heavy atom. The number of carbonyl (C=O) groups excluding carboxylic acids is 1. The highest BCUT2D eigenvalue weighted by molar-refractivity contribution is 5.91. The monoisotopic (exact) mass is 341 g/mol. The Hall–Kier alpha value is -2.37. The number of piperazine rings is 1. The molecule has 3 rings (SSSR count). The number of quaternary nitrogens is 2. The lowest BCUT2D eigenvalue weighted by Crippen LogP contribution is -3.28. The smallest absolute Gasteiger partial charge is 0.279 e. The van der Waals surface area contributed by atoms with Crippen molar-refractivity contribution in [2.24, 2.45) is 0 Å². The van der Waals surface area contributed by atoms with Crippen LogP contribution in [0.2, 0.25) is 0 Å². The number of nitrogens with one attached hydrogen (secondary N) is 3. The van der Waals surface area contributed by atoms with Crippen molar-refractivity contribution >= 4 is 11.6 Å². The Morgan fingerprint density at radius 3 is 2.24 bits per heavy atom. The third kappa shape index (κ3) is 5.31. The quantitative estimate of drug-likeness (QED) is 0.671. The molecule has 2 aromatic rings. The van der Waals surface area contributed by atoms with Crippen LogP contribution in [-0.2, 0) is 11.3 Å². The maximum Gasteiger partial charge on any atom is 0.279 e. The summed E-state index contributed by atoms with van der Waals surface area (Å²) < 4.78 is 5.20. The van der Waals surface area contributed by atoms with E-state index in [-0.39, 0.29) is 5.91 Å². The zero-order valence-electron chi connectivity index (χ0n) is 14.8. The fourth-order valence-electron chi connectivity index (χ4n) is 3.30. The van der Waals surface area contributed by atoms with Crippen molar-refractivity contribution in [1.29, 1.82) is 0 Å². The van der Waals surface area contributed by atoms with Gasteiger partial charge in [-0.25, -0.2) is 0 Å². The predicted octanol–water partition coefficient (Wildman–Crippen LogP) is -0.383. The Kier molecular flexibility index (Phi) is 6.04. The van der Waals surface area contributed by atoms with Gasteiger partial charge in [0.05, 0.1) is 7.11 Å². The van der Waals surface area contributed by atoms with E-state index in [1.807, 2.05) is 42.5 Å². The molecule has 0 bridgehead atoms.